The van der Waals surface area contributed by atoms with E-state index >= 15 is 0 Å². The number of unbranched alkanes of at least 4 members (excludes halogenated alkanes) is 2. The van der Waals surface area contributed by atoms with Crippen LogP contribution in [0, 0.1) is 39.9 Å². The highest BCUT2D eigenvalue weighted by molar-refractivity contribution is 5.98. The second kappa shape index (κ2) is 29.1. The molecule has 0 saturated heterocycles. The van der Waals surface area contributed by atoms with Gasteiger partial charge in [-0.15, -0.1) is 0 Å². The van der Waals surface area contributed by atoms with Crippen LogP contribution < -0.4 is 9.80 Å². The van der Waals surface area contributed by atoms with Gasteiger partial charge in [-0.25, -0.2) is 9.59 Å². The number of nitriles is 3. The fraction of sp³-hybridized carbons (Fsp3) is 0.553. The average molecular weight is 828 g/mol. The Morgan fingerprint density at radius 1 is 0.617 bits per heavy atom. The summed E-state index contributed by atoms with van der Waals surface area (Å²) >= 11 is 0. The summed E-state index contributed by atoms with van der Waals surface area (Å²) in [4.78, 5) is 29.9. The van der Waals surface area contributed by atoms with Crippen LogP contribution in [0.15, 0.2) is 59.7 Å². The number of aliphatic hydroxyl groups is 2. The number of hydrogen-bond acceptors (Lipinski definition) is 13. The molecule has 2 aromatic rings. The van der Waals surface area contributed by atoms with Crippen molar-refractivity contribution in [2.45, 2.75) is 111 Å². The van der Waals surface area contributed by atoms with Crippen LogP contribution >= 0.6 is 0 Å². The molecule has 5 atom stereocenters. The van der Waals surface area contributed by atoms with Gasteiger partial charge in [0.25, 0.3) is 0 Å². The van der Waals surface area contributed by atoms with Gasteiger partial charge in [-0.05, 0) is 107 Å². The van der Waals surface area contributed by atoms with E-state index in [2.05, 4.69) is 29.7 Å². The molecule has 0 fully saturated rings. The highest BCUT2D eigenvalue weighted by atomic mass is 16.6. The Morgan fingerprint density at radius 3 is 1.38 bits per heavy atom. The summed E-state index contributed by atoms with van der Waals surface area (Å²) in [5.41, 5.74) is 3.15. The van der Waals surface area contributed by atoms with Gasteiger partial charge < -0.3 is 39.0 Å². The molecule has 13 heteroatoms. The molecule has 0 radical (unpaired) electrons. The molecule has 0 aliphatic heterocycles. The van der Waals surface area contributed by atoms with E-state index in [9.17, 15) is 25.4 Å². The van der Waals surface area contributed by atoms with E-state index in [1.165, 1.54) is 12.2 Å². The van der Waals surface area contributed by atoms with E-state index in [0.717, 1.165) is 69.5 Å². The lowest BCUT2D eigenvalue weighted by molar-refractivity contribution is -0.147. The zero-order valence-corrected chi connectivity index (χ0v) is 36.3. The lowest BCUT2D eigenvalue weighted by Gasteiger charge is -2.27. The molecule has 326 valence electrons. The first-order valence-electron chi connectivity index (χ1n) is 21.1. The normalized spacial score (nSPS) is 14.1. The number of esters is 2. The van der Waals surface area contributed by atoms with Crippen LogP contribution in [0.25, 0.3) is 12.2 Å². The highest BCUT2D eigenvalue weighted by Crippen LogP contribution is 2.23. The maximum absolute atomic E-state index is 12.6. The third-order valence-corrected chi connectivity index (χ3v) is 9.65. The monoisotopic (exact) mass is 827 g/mol. The van der Waals surface area contributed by atoms with Gasteiger partial charge in [-0.3, -0.25) is 0 Å². The van der Waals surface area contributed by atoms with Crippen LogP contribution in [0.2, 0.25) is 0 Å². The molecule has 2 aromatic carbocycles. The van der Waals surface area contributed by atoms with Crippen LogP contribution in [0.1, 0.15) is 97.6 Å². The second-order valence-corrected chi connectivity index (χ2v) is 15.0. The SMILES string of the molecule is CCCCN(CCCC(C#N)CCN(CCCC)c1ccc(/C=C(\C#N)C(=O)OC(C)COC(C)CO)cc1)c1ccc(/C=C(\C#N)C(=O)OC(C)COC(C)CO)cc1. The molecular formula is C47H65N5O8. The van der Waals surface area contributed by atoms with Crippen molar-refractivity contribution in [3.8, 4) is 18.2 Å². The summed E-state index contributed by atoms with van der Waals surface area (Å²) in [6, 6.07) is 21.8. The first kappa shape index (κ1) is 50.9. The first-order valence-corrected chi connectivity index (χ1v) is 21.1. The maximum atomic E-state index is 12.6. The minimum Gasteiger partial charge on any atom is -0.456 e. The molecule has 13 nitrogen and oxygen atoms in total. The lowest BCUT2D eigenvalue weighted by Crippen LogP contribution is -2.28. The second-order valence-electron chi connectivity index (χ2n) is 15.0. The fourth-order valence-electron chi connectivity index (χ4n) is 5.99. The van der Waals surface area contributed by atoms with Gasteiger partial charge >= 0.3 is 11.9 Å². The summed E-state index contributed by atoms with van der Waals surface area (Å²) in [7, 11) is 0. The minimum atomic E-state index is -0.740. The number of carbonyl (C=O) groups is 2. The molecule has 0 amide bonds. The third kappa shape index (κ3) is 19.2. The number of rotatable bonds is 29. The quantitative estimate of drug-likeness (QED) is 0.0470. The lowest BCUT2D eigenvalue weighted by atomic mass is 10.00. The van der Waals surface area contributed by atoms with E-state index in [0.29, 0.717) is 24.1 Å². The topological polar surface area (TPSA) is 189 Å². The highest BCUT2D eigenvalue weighted by Gasteiger charge is 2.19. The molecule has 0 saturated carbocycles. The van der Waals surface area contributed by atoms with Crippen LogP contribution in [0.3, 0.4) is 0 Å². The number of benzene rings is 2. The van der Waals surface area contributed by atoms with Crippen LogP contribution in [-0.4, -0.2) is 99.2 Å². The van der Waals surface area contributed by atoms with Gasteiger partial charge in [-0.2, -0.15) is 15.8 Å². The zero-order valence-electron chi connectivity index (χ0n) is 36.3. The summed E-state index contributed by atoms with van der Waals surface area (Å²) < 4.78 is 21.5. The van der Waals surface area contributed by atoms with Gasteiger partial charge in [-0.1, -0.05) is 51.0 Å². The Morgan fingerprint density at radius 2 is 1.02 bits per heavy atom. The molecule has 2 rings (SSSR count). The fourth-order valence-corrected chi connectivity index (χ4v) is 5.99. The first-order chi connectivity index (χ1) is 28.9. The van der Waals surface area contributed by atoms with E-state index in [-0.39, 0.29) is 55.7 Å². The van der Waals surface area contributed by atoms with Crippen molar-refractivity contribution >= 4 is 35.5 Å². The predicted molar refractivity (Wildman–Crippen MR) is 233 cm³/mol. The number of aliphatic hydroxyl groups excluding tert-OH is 2. The van der Waals surface area contributed by atoms with Crippen molar-refractivity contribution in [3.63, 3.8) is 0 Å². The van der Waals surface area contributed by atoms with Crippen molar-refractivity contribution in [1.82, 2.24) is 0 Å². The predicted octanol–water partition coefficient (Wildman–Crippen LogP) is 7.38. The summed E-state index contributed by atoms with van der Waals surface area (Å²) in [6.45, 7) is 14.1. The van der Waals surface area contributed by atoms with Crippen molar-refractivity contribution in [3.05, 3.63) is 70.8 Å². The van der Waals surface area contributed by atoms with Gasteiger partial charge in [0.05, 0.1) is 44.7 Å². The summed E-state index contributed by atoms with van der Waals surface area (Å²) in [5.74, 6) is -1.60. The third-order valence-electron chi connectivity index (χ3n) is 9.65. The summed E-state index contributed by atoms with van der Waals surface area (Å²) in [5, 5.41) is 47.7. The van der Waals surface area contributed by atoms with Gasteiger partial charge in [0.2, 0.25) is 0 Å². The maximum Gasteiger partial charge on any atom is 0.349 e. The van der Waals surface area contributed by atoms with E-state index in [1.54, 1.807) is 27.7 Å². The number of hydrogen-bond donors (Lipinski definition) is 2. The Hall–Kier alpha value is -5.23. The van der Waals surface area contributed by atoms with E-state index in [1.807, 2.05) is 60.7 Å². The Kier molecular flexibility index (Phi) is 24.7. The van der Waals surface area contributed by atoms with Gasteiger partial charge in [0, 0.05) is 43.5 Å². The summed E-state index contributed by atoms with van der Waals surface area (Å²) in [6.07, 6.45) is 7.41. The van der Waals surface area contributed by atoms with Crippen molar-refractivity contribution < 1.29 is 38.7 Å². The molecule has 0 aliphatic carbocycles. The zero-order chi connectivity index (χ0) is 44.3. The number of nitrogens with zero attached hydrogens (tertiary/aromatic N) is 5. The molecule has 0 bridgehead atoms. The van der Waals surface area contributed by atoms with Gasteiger partial charge in [0.15, 0.2) is 0 Å². The number of anilines is 2. The Labute approximate surface area is 357 Å². The molecule has 2 N–H and O–H groups in total. The molecule has 5 unspecified atom stereocenters. The smallest absolute Gasteiger partial charge is 0.349 e. The van der Waals surface area contributed by atoms with Gasteiger partial charge in [0.1, 0.15) is 35.5 Å². The van der Waals surface area contributed by atoms with E-state index < -0.39 is 24.1 Å². The van der Waals surface area contributed by atoms with Crippen LogP contribution in [-0.2, 0) is 28.5 Å². The number of carbonyl (C=O) groups excluding carboxylic acids is 2. The van der Waals surface area contributed by atoms with Crippen molar-refractivity contribution in [1.29, 1.82) is 15.8 Å². The standard InChI is InChI=1S/C47H65N5O8/c1-7-9-22-51(44-17-13-39(14-18-44)26-42(29-49)46(55)59-37(5)33-57-35(3)31-53)24-11-12-41(28-48)21-25-52(23-10-8-2)45-19-15-40(16-20-45)27-43(30-50)47(56)60-38(6)34-58-36(4)32-54/h13-20,26-27,35-38,41,53-54H,7-12,21-25,31-34H2,1-6H3/b42-26+,43-27+. The van der Waals surface area contributed by atoms with Crippen LogP contribution in [0.5, 0.6) is 0 Å². The molecule has 0 spiro atoms. The Bertz CT molecular complexity index is 1760. The molecule has 60 heavy (non-hydrogen) atoms. The molecule has 0 heterocycles. The minimum absolute atomic E-state index is 0.103. The van der Waals surface area contributed by atoms with E-state index in [4.69, 9.17) is 29.2 Å². The van der Waals surface area contributed by atoms with Crippen molar-refractivity contribution in [2.75, 3.05) is 62.4 Å². The molecular weight excluding hydrogens is 763 g/mol. The van der Waals surface area contributed by atoms with Crippen LogP contribution in [0.4, 0.5) is 11.4 Å². The average Bonchev–Trinajstić information content (AvgIpc) is 3.26. The number of ether oxygens (including phenoxy) is 4. The molecule has 0 aliphatic rings. The Balaban J connectivity index is 2.04. The van der Waals surface area contributed by atoms with Crippen molar-refractivity contribution in [2.24, 2.45) is 5.92 Å². The molecule has 0 aromatic heterocycles. The largest absolute Gasteiger partial charge is 0.456 e.